The summed E-state index contributed by atoms with van der Waals surface area (Å²) in [4.78, 5) is 13.7. The van der Waals surface area contributed by atoms with Crippen molar-refractivity contribution < 1.29 is 14.3 Å². The highest BCUT2D eigenvalue weighted by atomic mass is 16.5. The second kappa shape index (κ2) is 9.86. The van der Waals surface area contributed by atoms with E-state index >= 15 is 0 Å². The first kappa shape index (κ1) is 23.5. The van der Waals surface area contributed by atoms with Crippen molar-refractivity contribution in [2.24, 2.45) is 17.3 Å². The molecule has 0 saturated heterocycles. The number of ketones is 1. The zero-order valence-electron chi connectivity index (χ0n) is 21.2. The first-order chi connectivity index (χ1) is 17.6. The molecule has 3 heteroatoms. The van der Waals surface area contributed by atoms with Crippen LogP contribution in [0.4, 0.5) is 0 Å². The summed E-state index contributed by atoms with van der Waals surface area (Å²) in [5, 5.41) is 0. The lowest BCUT2D eigenvalue weighted by Crippen LogP contribution is -2.45. The second-order valence-corrected chi connectivity index (χ2v) is 11.1. The molecule has 3 nitrogen and oxygen atoms in total. The summed E-state index contributed by atoms with van der Waals surface area (Å²) in [5.74, 6) is 2.38. The smallest absolute Gasteiger partial charge is 0.141 e. The van der Waals surface area contributed by atoms with Crippen molar-refractivity contribution in [1.82, 2.24) is 0 Å². The molecule has 0 bridgehead atoms. The van der Waals surface area contributed by atoms with Gasteiger partial charge in [-0.25, -0.2) is 0 Å². The average molecular weight is 481 g/mol. The van der Waals surface area contributed by atoms with E-state index in [1.165, 1.54) is 22.3 Å². The molecule has 0 unspecified atom stereocenters. The van der Waals surface area contributed by atoms with Crippen LogP contribution in [0.5, 0.6) is 5.75 Å². The van der Waals surface area contributed by atoms with Crippen LogP contribution in [0.3, 0.4) is 0 Å². The maximum absolute atomic E-state index is 13.7. The van der Waals surface area contributed by atoms with Crippen LogP contribution in [-0.4, -0.2) is 11.9 Å². The molecule has 0 radical (unpaired) electrons. The quantitative estimate of drug-likeness (QED) is 0.357. The standard InChI is InChI=1S/C33H36O3/c1-2-33-19-27(36-22-24-11-7-4-8-12-24)18-30(33)29-15-13-25-17-26(35-21-23-9-5-3-6-10-23)14-16-28(25)32(29)31(34)20-33/h3-12,14,16-17,27,29-30,32H,2,13,15,18-22H2,1H3/t27-,29+,30+,32-,33+/m1/s1. The minimum atomic E-state index is 0.0365. The number of benzene rings is 3. The van der Waals surface area contributed by atoms with Crippen LogP contribution in [-0.2, 0) is 29.2 Å². The minimum Gasteiger partial charge on any atom is -0.489 e. The fourth-order valence-corrected chi connectivity index (χ4v) is 7.46. The van der Waals surface area contributed by atoms with Crippen LogP contribution in [0.15, 0.2) is 78.9 Å². The van der Waals surface area contributed by atoms with Crippen molar-refractivity contribution >= 4 is 5.78 Å². The van der Waals surface area contributed by atoms with E-state index in [-0.39, 0.29) is 17.4 Å². The molecule has 0 N–H and O–H groups in total. The number of Topliss-reactive ketones (excluding diaryl/α,β-unsaturated/α-hetero) is 1. The molecule has 3 aliphatic carbocycles. The number of hydrogen-bond acceptors (Lipinski definition) is 3. The largest absolute Gasteiger partial charge is 0.489 e. The third-order valence-electron chi connectivity index (χ3n) is 9.23. The van der Waals surface area contributed by atoms with Gasteiger partial charge in [-0.1, -0.05) is 73.7 Å². The molecule has 3 aromatic carbocycles. The molecule has 0 aromatic heterocycles. The first-order valence-electron chi connectivity index (χ1n) is 13.6. The topological polar surface area (TPSA) is 35.5 Å². The van der Waals surface area contributed by atoms with Gasteiger partial charge in [-0.2, -0.15) is 0 Å². The monoisotopic (exact) mass is 480 g/mol. The van der Waals surface area contributed by atoms with Gasteiger partial charge in [-0.15, -0.1) is 0 Å². The van der Waals surface area contributed by atoms with Gasteiger partial charge in [0.15, 0.2) is 0 Å². The Morgan fingerprint density at radius 2 is 1.64 bits per heavy atom. The zero-order chi connectivity index (χ0) is 24.5. The van der Waals surface area contributed by atoms with Crippen LogP contribution in [0.1, 0.15) is 67.2 Å². The molecule has 0 spiro atoms. The Bertz CT molecular complexity index is 1200. The predicted octanol–water partition coefficient (Wildman–Crippen LogP) is 7.28. The highest BCUT2D eigenvalue weighted by molar-refractivity contribution is 5.88. The van der Waals surface area contributed by atoms with Gasteiger partial charge in [0.25, 0.3) is 0 Å². The molecular formula is C33H36O3. The van der Waals surface area contributed by atoms with Gasteiger partial charge >= 0.3 is 0 Å². The van der Waals surface area contributed by atoms with Gasteiger partial charge in [0, 0.05) is 12.3 Å². The Morgan fingerprint density at radius 3 is 2.36 bits per heavy atom. The molecule has 6 rings (SSSR count). The summed E-state index contributed by atoms with van der Waals surface area (Å²) in [6.07, 6.45) is 6.24. The molecule has 36 heavy (non-hydrogen) atoms. The Morgan fingerprint density at radius 1 is 0.917 bits per heavy atom. The lowest BCUT2D eigenvalue weighted by molar-refractivity contribution is -0.131. The van der Waals surface area contributed by atoms with Crippen LogP contribution >= 0.6 is 0 Å². The number of carbonyl (C=O) groups is 1. The van der Waals surface area contributed by atoms with Gasteiger partial charge in [-0.05, 0) is 83.7 Å². The van der Waals surface area contributed by atoms with Crippen molar-refractivity contribution in [3.05, 3.63) is 101 Å². The summed E-state index contributed by atoms with van der Waals surface area (Å²) >= 11 is 0. The Kier molecular flexibility index (Phi) is 6.43. The van der Waals surface area contributed by atoms with E-state index in [4.69, 9.17) is 9.47 Å². The minimum absolute atomic E-state index is 0.0365. The fourth-order valence-electron chi connectivity index (χ4n) is 7.46. The molecule has 0 aliphatic heterocycles. The van der Waals surface area contributed by atoms with E-state index < -0.39 is 0 Å². The molecule has 2 saturated carbocycles. The maximum atomic E-state index is 13.7. The molecule has 0 amide bonds. The first-order valence-corrected chi connectivity index (χ1v) is 13.6. The highest BCUT2D eigenvalue weighted by Gasteiger charge is 2.57. The fraction of sp³-hybridized carbons (Fsp3) is 0.424. The van der Waals surface area contributed by atoms with Crippen LogP contribution in [0.2, 0.25) is 0 Å². The average Bonchev–Trinajstić information content (AvgIpc) is 3.30. The second-order valence-electron chi connectivity index (χ2n) is 11.1. The van der Waals surface area contributed by atoms with Crippen LogP contribution in [0, 0.1) is 17.3 Å². The number of aryl methyl sites for hydroxylation is 1. The SMILES string of the molecule is CC[C@]12CC(=O)[C@@H]3c4ccc(OCc5ccccc5)cc4CC[C@H]3[C@@H]1C[C@@H](OCc1ccccc1)C2. The lowest BCUT2D eigenvalue weighted by atomic mass is 9.54. The Hall–Kier alpha value is -2.91. The number of ether oxygens (including phenoxy) is 2. The molecule has 186 valence electrons. The molecule has 2 fully saturated rings. The molecule has 0 heterocycles. The van der Waals surface area contributed by atoms with E-state index in [1.54, 1.807) is 0 Å². The summed E-state index contributed by atoms with van der Waals surface area (Å²) in [6, 6.07) is 27.2. The van der Waals surface area contributed by atoms with E-state index in [2.05, 4.69) is 61.5 Å². The third-order valence-corrected chi connectivity index (χ3v) is 9.23. The van der Waals surface area contributed by atoms with Gasteiger partial charge < -0.3 is 9.47 Å². The van der Waals surface area contributed by atoms with Crippen molar-refractivity contribution in [3.8, 4) is 5.75 Å². The summed E-state index contributed by atoms with van der Waals surface area (Å²) in [5.41, 5.74) is 5.05. The lowest BCUT2D eigenvalue weighted by Gasteiger charge is -2.49. The summed E-state index contributed by atoms with van der Waals surface area (Å²) < 4.78 is 12.5. The van der Waals surface area contributed by atoms with E-state index in [1.807, 2.05) is 24.3 Å². The summed E-state index contributed by atoms with van der Waals surface area (Å²) in [7, 11) is 0. The normalized spacial score (nSPS) is 28.8. The van der Waals surface area contributed by atoms with Gasteiger partial charge in [0.2, 0.25) is 0 Å². The van der Waals surface area contributed by atoms with Crippen molar-refractivity contribution in [2.75, 3.05) is 0 Å². The number of carbonyl (C=O) groups excluding carboxylic acids is 1. The number of rotatable bonds is 7. The Balaban J connectivity index is 1.18. The third kappa shape index (κ3) is 4.39. The van der Waals surface area contributed by atoms with E-state index in [9.17, 15) is 4.79 Å². The Labute approximate surface area is 214 Å². The van der Waals surface area contributed by atoms with Gasteiger partial charge in [0.05, 0.1) is 12.7 Å². The highest BCUT2D eigenvalue weighted by Crippen LogP contribution is 2.61. The molecule has 5 atom stereocenters. The summed E-state index contributed by atoms with van der Waals surface area (Å²) in [6.45, 7) is 3.51. The van der Waals surface area contributed by atoms with Crippen molar-refractivity contribution in [1.29, 1.82) is 0 Å². The van der Waals surface area contributed by atoms with Crippen molar-refractivity contribution in [2.45, 2.75) is 70.7 Å². The van der Waals surface area contributed by atoms with Crippen molar-refractivity contribution in [3.63, 3.8) is 0 Å². The van der Waals surface area contributed by atoms with Gasteiger partial charge in [-0.3, -0.25) is 4.79 Å². The predicted molar refractivity (Wildman–Crippen MR) is 142 cm³/mol. The number of fused-ring (bicyclic) bond motifs is 5. The van der Waals surface area contributed by atoms with Crippen LogP contribution < -0.4 is 4.74 Å². The number of hydrogen-bond donors (Lipinski definition) is 0. The van der Waals surface area contributed by atoms with Crippen LogP contribution in [0.25, 0.3) is 0 Å². The molecule has 3 aromatic rings. The van der Waals surface area contributed by atoms with E-state index in [0.29, 0.717) is 37.3 Å². The molecule has 3 aliphatic rings. The molecular weight excluding hydrogens is 444 g/mol. The van der Waals surface area contributed by atoms with Gasteiger partial charge in [0.1, 0.15) is 18.1 Å². The zero-order valence-corrected chi connectivity index (χ0v) is 21.2. The van der Waals surface area contributed by atoms with E-state index in [0.717, 1.165) is 37.9 Å². The maximum Gasteiger partial charge on any atom is 0.141 e.